The minimum absolute atomic E-state index is 0.375. The average molecular weight is 250 g/mol. The maximum absolute atomic E-state index is 5.55. The third-order valence-corrected chi connectivity index (χ3v) is 4.54. The van der Waals surface area contributed by atoms with Crippen molar-refractivity contribution in [3.8, 4) is 0 Å². The van der Waals surface area contributed by atoms with Gasteiger partial charge in [-0.25, -0.2) is 0 Å². The molecule has 102 valence electrons. The summed E-state index contributed by atoms with van der Waals surface area (Å²) in [6.45, 7) is 11.3. The van der Waals surface area contributed by atoms with Crippen molar-refractivity contribution in [3.05, 3.63) is 24.2 Å². The molecule has 0 radical (unpaired) electrons. The molecule has 1 fully saturated rings. The van der Waals surface area contributed by atoms with E-state index < -0.39 is 0 Å². The first-order chi connectivity index (χ1) is 8.65. The van der Waals surface area contributed by atoms with Gasteiger partial charge in [-0.1, -0.05) is 13.8 Å². The van der Waals surface area contributed by atoms with Crippen molar-refractivity contribution in [2.75, 3.05) is 13.1 Å². The molecule has 1 aliphatic heterocycles. The Labute approximate surface area is 111 Å². The highest BCUT2D eigenvalue weighted by atomic mass is 16.3. The SMILES string of the molecule is CCNC1CCN(C(C)c2ccco2)C(C)C1C. The normalized spacial score (nSPS) is 31.4. The molecule has 1 aromatic rings. The topological polar surface area (TPSA) is 28.4 Å². The Kier molecular flexibility index (Phi) is 4.46. The van der Waals surface area contributed by atoms with E-state index in [0.717, 1.165) is 18.8 Å². The Morgan fingerprint density at radius 1 is 1.50 bits per heavy atom. The number of hydrogen-bond donors (Lipinski definition) is 1. The minimum atomic E-state index is 0.375. The lowest BCUT2D eigenvalue weighted by Gasteiger charge is -2.45. The molecule has 1 N–H and O–H groups in total. The van der Waals surface area contributed by atoms with E-state index in [0.29, 0.717) is 24.0 Å². The molecule has 0 bridgehead atoms. The van der Waals surface area contributed by atoms with Crippen LogP contribution in [0.4, 0.5) is 0 Å². The lowest BCUT2D eigenvalue weighted by Crippen LogP contribution is -2.53. The number of nitrogens with one attached hydrogen (secondary N) is 1. The van der Waals surface area contributed by atoms with Crippen molar-refractivity contribution in [1.29, 1.82) is 0 Å². The second kappa shape index (κ2) is 5.89. The molecule has 2 heterocycles. The molecule has 3 nitrogen and oxygen atoms in total. The summed E-state index contributed by atoms with van der Waals surface area (Å²) in [6.07, 6.45) is 3.00. The molecule has 0 spiro atoms. The molecule has 1 saturated heterocycles. The summed E-state index contributed by atoms with van der Waals surface area (Å²) in [6, 6.07) is 5.68. The zero-order chi connectivity index (χ0) is 13.1. The van der Waals surface area contributed by atoms with E-state index >= 15 is 0 Å². The Hall–Kier alpha value is -0.800. The van der Waals surface area contributed by atoms with E-state index in [1.54, 1.807) is 6.26 Å². The lowest BCUT2D eigenvalue weighted by molar-refractivity contribution is 0.0451. The van der Waals surface area contributed by atoms with Gasteiger partial charge in [0.2, 0.25) is 0 Å². The van der Waals surface area contributed by atoms with E-state index in [1.807, 2.05) is 6.07 Å². The van der Waals surface area contributed by atoms with E-state index in [2.05, 4.69) is 44.0 Å². The molecular weight excluding hydrogens is 224 g/mol. The van der Waals surface area contributed by atoms with Crippen molar-refractivity contribution < 1.29 is 4.42 Å². The van der Waals surface area contributed by atoms with Crippen LogP contribution in [0.5, 0.6) is 0 Å². The molecular formula is C15H26N2O. The van der Waals surface area contributed by atoms with E-state index in [1.165, 1.54) is 6.42 Å². The fourth-order valence-electron chi connectivity index (χ4n) is 3.18. The molecule has 3 heteroatoms. The molecule has 0 saturated carbocycles. The lowest BCUT2D eigenvalue weighted by atomic mass is 9.86. The molecule has 4 unspecified atom stereocenters. The van der Waals surface area contributed by atoms with Crippen LogP contribution in [0.2, 0.25) is 0 Å². The monoisotopic (exact) mass is 250 g/mol. The van der Waals surface area contributed by atoms with Crippen LogP contribution in [-0.2, 0) is 0 Å². The van der Waals surface area contributed by atoms with Gasteiger partial charge in [-0.3, -0.25) is 4.90 Å². The number of rotatable bonds is 4. The van der Waals surface area contributed by atoms with Crippen LogP contribution in [0, 0.1) is 5.92 Å². The summed E-state index contributed by atoms with van der Waals surface area (Å²) >= 11 is 0. The highest BCUT2D eigenvalue weighted by molar-refractivity contribution is 5.05. The Morgan fingerprint density at radius 3 is 2.89 bits per heavy atom. The van der Waals surface area contributed by atoms with Gasteiger partial charge in [0.1, 0.15) is 5.76 Å². The van der Waals surface area contributed by atoms with Crippen molar-refractivity contribution >= 4 is 0 Å². The predicted molar refractivity (Wildman–Crippen MR) is 74.5 cm³/mol. The van der Waals surface area contributed by atoms with Gasteiger partial charge in [0, 0.05) is 18.6 Å². The highest BCUT2D eigenvalue weighted by Gasteiger charge is 2.35. The van der Waals surface area contributed by atoms with Crippen molar-refractivity contribution in [2.45, 2.75) is 52.2 Å². The fourth-order valence-corrected chi connectivity index (χ4v) is 3.18. The Balaban J connectivity index is 2.03. The number of nitrogens with zero attached hydrogens (tertiary/aromatic N) is 1. The first-order valence-corrected chi connectivity index (χ1v) is 7.17. The van der Waals surface area contributed by atoms with Gasteiger partial charge >= 0.3 is 0 Å². The minimum Gasteiger partial charge on any atom is -0.468 e. The van der Waals surface area contributed by atoms with E-state index in [4.69, 9.17) is 4.42 Å². The van der Waals surface area contributed by atoms with Crippen LogP contribution >= 0.6 is 0 Å². The van der Waals surface area contributed by atoms with Crippen molar-refractivity contribution in [3.63, 3.8) is 0 Å². The molecule has 18 heavy (non-hydrogen) atoms. The van der Waals surface area contributed by atoms with Crippen LogP contribution in [0.1, 0.15) is 45.9 Å². The largest absolute Gasteiger partial charge is 0.468 e. The van der Waals surface area contributed by atoms with E-state index in [9.17, 15) is 0 Å². The Bertz CT molecular complexity index is 349. The van der Waals surface area contributed by atoms with Crippen LogP contribution in [0.25, 0.3) is 0 Å². The van der Waals surface area contributed by atoms with Crippen LogP contribution < -0.4 is 5.32 Å². The quantitative estimate of drug-likeness (QED) is 0.890. The number of hydrogen-bond acceptors (Lipinski definition) is 3. The predicted octanol–water partition coefficient (Wildman–Crippen LogP) is 3.05. The number of furan rings is 1. The fraction of sp³-hybridized carbons (Fsp3) is 0.733. The van der Waals surface area contributed by atoms with Gasteiger partial charge in [-0.15, -0.1) is 0 Å². The number of piperidine rings is 1. The van der Waals surface area contributed by atoms with Crippen molar-refractivity contribution in [1.82, 2.24) is 10.2 Å². The molecule has 2 rings (SSSR count). The molecule has 0 aromatic carbocycles. The molecule has 1 aliphatic rings. The highest BCUT2D eigenvalue weighted by Crippen LogP contribution is 2.31. The van der Waals surface area contributed by atoms with Crippen molar-refractivity contribution in [2.24, 2.45) is 5.92 Å². The van der Waals surface area contributed by atoms with Gasteiger partial charge < -0.3 is 9.73 Å². The smallest absolute Gasteiger partial charge is 0.120 e. The number of likely N-dealkylation sites (tertiary alicyclic amines) is 1. The first kappa shape index (κ1) is 13.6. The van der Waals surface area contributed by atoms with Crippen LogP contribution in [-0.4, -0.2) is 30.1 Å². The molecule has 0 amide bonds. The summed E-state index contributed by atoms with van der Waals surface area (Å²) in [5.41, 5.74) is 0. The summed E-state index contributed by atoms with van der Waals surface area (Å²) in [5, 5.41) is 3.61. The van der Waals surface area contributed by atoms with Gasteiger partial charge in [0.15, 0.2) is 0 Å². The summed E-state index contributed by atoms with van der Waals surface area (Å²) < 4.78 is 5.55. The van der Waals surface area contributed by atoms with Crippen LogP contribution in [0.15, 0.2) is 22.8 Å². The third kappa shape index (κ3) is 2.62. The summed E-state index contributed by atoms with van der Waals surface area (Å²) in [7, 11) is 0. The van der Waals surface area contributed by atoms with Crippen LogP contribution in [0.3, 0.4) is 0 Å². The van der Waals surface area contributed by atoms with Gasteiger partial charge in [0.05, 0.1) is 12.3 Å². The second-order valence-electron chi connectivity index (χ2n) is 5.48. The zero-order valence-corrected chi connectivity index (χ0v) is 12.0. The molecule has 0 aliphatic carbocycles. The summed E-state index contributed by atoms with van der Waals surface area (Å²) in [4.78, 5) is 2.57. The molecule has 1 aromatic heterocycles. The Morgan fingerprint density at radius 2 is 2.28 bits per heavy atom. The maximum atomic E-state index is 5.55. The maximum Gasteiger partial charge on any atom is 0.120 e. The molecule has 4 atom stereocenters. The van der Waals surface area contributed by atoms with Gasteiger partial charge in [-0.2, -0.15) is 0 Å². The van der Waals surface area contributed by atoms with E-state index in [-0.39, 0.29) is 0 Å². The third-order valence-electron chi connectivity index (χ3n) is 4.54. The average Bonchev–Trinajstić information content (AvgIpc) is 2.88. The standard InChI is InChI=1S/C15H26N2O/c1-5-16-14-8-9-17(12(3)11(14)2)13(4)15-7-6-10-18-15/h6-7,10-14,16H,5,8-9H2,1-4H3. The summed E-state index contributed by atoms with van der Waals surface area (Å²) in [5.74, 6) is 1.76. The zero-order valence-electron chi connectivity index (χ0n) is 12.0. The van der Waals surface area contributed by atoms with Gasteiger partial charge in [-0.05, 0) is 44.9 Å². The second-order valence-corrected chi connectivity index (χ2v) is 5.48. The first-order valence-electron chi connectivity index (χ1n) is 7.17. The van der Waals surface area contributed by atoms with Gasteiger partial charge in [0.25, 0.3) is 0 Å².